The van der Waals surface area contributed by atoms with E-state index in [0.29, 0.717) is 0 Å². The maximum Gasteiger partial charge on any atom is 0.394 e. The summed E-state index contributed by atoms with van der Waals surface area (Å²) in [6.45, 7) is 0. The molecule has 0 rings (SSSR count). The Kier molecular flexibility index (Phi) is 35.0. The quantitative estimate of drug-likeness (QED) is 0.162. The van der Waals surface area contributed by atoms with Crippen LogP contribution in [0.2, 0.25) is 0 Å². The zero-order valence-corrected chi connectivity index (χ0v) is 18.4. The molecule has 0 bridgehead atoms. The second-order valence-corrected chi connectivity index (χ2v) is 4.03. The molecule has 109 valence electrons. The van der Waals surface area contributed by atoms with E-state index in [4.69, 9.17) is 52.6 Å². The van der Waals surface area contributed by atoms with Gasteiger partial charge in [0.15, 0.2) is 0 Å². The summed E-state index contributed by atoms with van der Waals surface area (Å²) < 4.78 is 94.8. The van der Waals surface area contributed by atoms with Crippen molar-refractivity contribution in [3.05, 3.63) is 0 Å². The first-order valence-electron chi connectivity index (χ1n) is 2.10. The van der Waals surface area contributed by atoms with Gasteiger partial charge in [0.05, 0.1) is 0 Å². The first kappa shape index (κ1) is 37.6. The van der Waals surface area contributed by atoms with Crippen LogP contribution >= 0.6 is 0 Å². The Morgan fingerprint density at radius 3 is 0.444 bits per heavy atom. The van der Waals surface area contributed by atoms with Gasteiger partial charge in [0.25, 0.3) is 0 Å². The van der Waals surface area contributed by atoms with Gasteiger partial charge in [-0.05, 0) is 0 Å². The maximum absolute atomic E-state index is 8.74. The van der Waals surface area contributed by atoms with Crippen molar-refractivity contribution >= 4 is 31.2 Å². The topological polar surface area (TPSA) is 224 Å². The Hall–Kier alpha value is 3.40. The van der Waals surface area contributed by atoms with Crippen LogP contribution in [-0.4, -0.2) is 52.6 Å². The third-order valence-electron chi connectivity index (χ3n) is 0. The molecule has 0 aliphatic carbocycles. The summed E-state index contributed by atoms with van der Waals surface area (Å²) in [7, 11) is -14.0. The second kappa shape index (κ2) is 16.8. The Morgan fingerprint density at radius 1 is 0.444 bits per heavy atom. The molecule has 0 spiro atoms. The van der Waals surface area contributed by atoms with Gasteiger partial charge < -0.3 is 0 Å². The van der Waals surface area contributed by atoms with Gasteiger partial charge in [-0.15, -0.1) is 0 Å². The van der Waals surface area contributed by atoms with Gasteiger partial charge in [0.1, 0.15) is 0 Å². The molecule has 0 aliphatic heterocycles. The molecular formula is H6EuO12S3Y2. The average molecular weight is 624 g/mol. The molecule has 0 aromatic rings. The molecule has 0 saturated carbocycles. The van der Waals surface area contributed by atoms with Crippen LogP contribution in [0.25, 0.3) is 0 Å². The van der Waals surface area contributed by atoms with E-state index in [2.05, 4.69) is 0 Å². The minimum atomic E-state index is -4.67. The standard InChI is InChI=1S/Eu.3H2O4S.2Y/c;3*1-5(2,3)4;;/h;3*(H2,1,2,3,4);;. The maximum atomic E-state index is 8.74. The third kappa shape index (κ3) is 568. The predicted molar refractivity (Wildman–Crippen MR) is 42.5 cm³/mol. The Balaban J connectivity index is -0.0000000277. The van der Waals surface area contributed by atoms with Gasteiger partial charge in [-0.1, -0.05) is 0 Å². The van der Waals surface area contributed by atoms with Gasteiger partial charge in [0, 0.05) is 115 Å². The molecule has 12 nitrogen and oxygen atoms in total. The van der Waals surface area contributed by atoms with E-state index in [9.17, 15) is 0 Å². The zero-order valence-electron chi connectivity index (χ0n) is 7.89. The summed E-state index contributed by atoms with van der Waals surface area (Å²) in [5, 5.41) is 0. The van der Waals surface area contributed by atoms with Crippen LogP contribution in [0.4, 0.5) is 0 Å². The third-order valence-corrected chi connectivity index (χ3v) is 0. The molecule has 3 radical (unpaired) electrons. The van der Waals surface area contributed by atoms with E-state index in [1.165, 1.54) is 0 Å². The van der Waals surface area contributed by atoms with Gasteiger partial charge >= 0.3 is 31.2 Å². The van der Waals surface area contributed by atoms with Crippen LogP contribution in [0.15, 0.2) is 0 Å². The van der Waals surface area contributed by atoms with Crippen LogP contribution in [0.3, 0.4) is 0 Å². The van der Waals surface area contributed by atoms with Crippen molar-refractivity contribution in [2.75, 3.05) is 0 Å². The van der Waals surface area contributed by atoms with Crippen molar-refractivity contribution in [3.63, 3.8) is 0 Å². The largest absolute Gasteiger partial charge is 0.394 e. The molecule has 0 unspecified atom stereocenters. The fraction of sp³-hybridized carbons (Fsp3) is 0. The summed E-state index contributed by atoms with van der Waals surface area (Å²) in [5.74, 6) is 0. The summed E-state index contributed by atoms with van der Waals surface area (Å²) in [6, 6.07) is 0. The molecule has 18 heteroatoms. The molecule has 0 fully saturated rings. The molecule has 0 atom stereocenters. The van der Waals surface area contributed by atoms with Crippen molar-refractivity contribution in [1.82, 2.24) is 0 Å². The summed E-state index contributed by atoms with van der Waals surface area (Å²) in [5.41, 5.74) is 0. The smallest absolute Gasteiger partial charge is 0.264 e. The number of hydrogen-bond acceptors (Lipinski definition) is 6. The predicted octanol–water partition coefficient (Wildman–Crippen LogP) is -1.96. The van der Waals surface area contributed by atoms with Crippen molar-refractivity contribution < 1.29 is 167 Å². The van der Waals surface area contributed by atoms with Crippen LogP contribution in [0.1, 0.15) is 0 Å². The fourth-order valence-electron chi connectivity index (χ4n) is 0. The van der Waals surface area contributed by atoms with Crippen LogP contribution in [0.5, 0.6) is 0 Å². The molecule has 0 saturated heterocycles. The van der Waals surface area contributed by atoms with Crippen LogP contribution in [-0.2, 0) is 96.6 Å². The minimum absolute atomic E-state index is 0. The van der Waals surface area contributed by atoms with Crippen LogP contribution in [0, 0.1) is 49.4 Å². The molecule has 0 aromatic carbocycles. The molecule has 18 heavy (non-hydrogen) atoms. The molecule has 0 aromatic heterocycles. The van der Waals surface area contributed by atoms with Crippen molar-refractivity contribution in [2.45, 2.75) is 0 Å². The van der Waals surface area contributed by atoms with E-state index >= 15 is 0 Å². The normalized spacial score (nSPS) is 9.67. The SMILES string of the molecule is O=S(=O)(O)O.O=S(=O)(O)O.O=S(=O)(O)O.[Eu].[Y].[Y]. The molecule has 0 aliphatic rings. The average Bonchev–Trinajstić information content (AvgIpc) is 1.41. The van der Waals surface area contributed by atoms with Crippen molar-refractivity contribution in [1.29, 1.82) is 0 Å². The van der Waals surface area contributed by atoms with E-state index in [-0.39, 0.29) is 115 Å². The molecule has 0 amide bonds. The van der Waals surface area contributed by atoms with Gasteiger partial charge in [-0.3, -0.25) is 27.3 Å². The monoisotopic (exact) mass is 625 g/mol. The van der Waals surface area contributed by atoms with Gasteiger partial charge in [-0.2, -0.15) is 25.3 Å². The van der Waals surface area contributed by atoms with Gasteiger partial charge in [-0.25, -0.2) is 0 Å². The fourth-order valence-corrected chi connectivity index (χ4v) is 0. The van der Waals surface area contributed by atoms with Crippen molar-refractivity contribution in [3.8, 4) is 0 Å². The van der Waals surface area contributed by atoms with Crippen molar-refractivity contribution in [2.24, 2.45) is 0 Å². The first-order chi connectivity index (χ1) is 6.00. The van der Waals surface area contributed by atoms with E-state index < -0.39 is 31.2 Å². The summed E-state index contributed by atoms with van der Waals surface area (Å²) in [6.07, 6.45) is 0. The first-order valence-corrected chi connectivity index (χ1v) is 6.29. The minimum Gasteiger partial charge on any atom is -0.264 e. The van der Waals surface area contributed by atoms with E-state index in [0.717, 1.165) is 0 Å². The molecular weight excluding hydrogens is 618 g/mol. The Bertz CT molecular complexity index is 346. The second-order valence-electron chi connectivity index (χ2n) is 1.34. The van der Waals surface area contributed by atoms with Crippen LogP contribution < -0.4 is 0 Å². The Morgan fingerprint density at radius 2 is 0.444 bits per heavy atom. The van der Waals surface area contributed by atoms with E-state index in [1.54, 1.807) is 0 Å². The molecule has 6 N–H and O–H groups in total. The van der Waals surface area contributed by atoms with E-state index in [1.807, 2.05) is 0 Å². The summed E-state index contributed by atoms with van der Waals surface area (Å²) in [4.78, 5) is 0. The molecule has 0 heterocycles. The summed E-state index contributed by atoms with van der Waals surface area (Å²) >= 11 is 0. The van der Waals surface area contributed by atoms with Gasteiger partial charge in [0.2, 0.25) is 0 Å². The Labute approximate surface area is 194 Å². The number of hydrogen-bond donors (Lipinski definition) is 6. The zero-order chi connectivity index (χ0) is 13.5. The number of rotatable bonds is 0.